The van der Waals surface area contributed by atoms with Gasteiger partial charge in [0.25, 0.3) is 23.0 Å². The van der Waals surface area contributed by atoms with Crippen molar-refractivity contribution in [1.29, 1.82) is 0 Å². The molecule has 3 aliphatic rings. The number of aromatic nitrogens is 2. The molecule has 32 heavy (non-hydrogen) atoms. The molecule has 2 spiro atoms. The van der Waals surface area contributed by atoms with Crippen molar-refractivity contribution in [3.63, 3.8) is 0 Å². The number of ether oxygens (including phenoxy) is 1. The van der Waals surface area contributed by atoms with Gasteiger partial charge in [-0.25, -0.2) is 9.59 Å². The fourth-order valence-electron chi connectivity index (χ4n) is 4.89. The van der Waals surface area contributed by atoms with Crippen LogP contribution in [-0.4, -0.2) is 62.4 Å². The van der Waals surface area contributed by atoms with Crippen molar-refractivity contribution in [2.45, 2.75) is 11.0 Å². The number of carbonyl (C=O) groups is 4. The quantitative estimate of drug-likeness (QED) is 0.493. The maximum atomic E-state index is 13.7. The summed E-state index contributed by atoms with van der Waals surface area (Å²) >= 11 is 0. The summed E-state index contributed by atoms with van der Waals surface area (Å²) in [5.74, 6) is -3.49. The number of carbonyl (C=O) groups excluding carboxylic acids is 4. The monoisotopic (exact) mass is 439 g/mol. The summed E-state index contributed by atoms with van der Waals surface area (Å²) in [7, 11) is 4.80. The lowest BCUT2D eigenvalue weighted by Crippen LogP contribution is -2.76. The van der Waals surface area contributed by atoms with Crippen molar-refractivity contribution in [3.05, 3.63) is 56.2 Å². The largest absolute Gasteiger partial charge is 0.449 e. The highest BCUT2D eigenvalue weighted by Gasteiger charge is 2.80. The number of benzene rings is 1. The molecular weight excluding hydrogens is 422 g/mol. The van der Waals surface area contributed by atoms with Gasteiger partial charge in [-0.1, -0.05) is 18.2 Å². The van der Waals surface area contributed by atoms with Crippen LogP contribution in [0.15, 0.2) is 33.9 Å². The molecule has 0 aliphatic carbocycles. The van der Waals surface area contributed by atoms with Crippen LogP contribution in [0.25, 0.3) is 0 Å². The number of rotatable bonds is 0. The summed E-state index contributed by atoms with van der Waals surface area (Å²) in [4.78, 5) is 80.7. The van der Waals surface area contributed by atoms with Crippen molar-refractivity contribution in [3.8, 4) is 5.88 Å². The number of likely N-dealkylation sites (N-methyl/N-ethyl adjacent to an activating group) is 2. The standard InChI is InChI=1S/C20H17N5O7/c1-22-12(26)11-13(23(2)17(22)30)32-20(15(28)24(3)18(31)25(4)16(20)29)19(11)9-7-5-6-8-10(9)21-14(19)27/h5-8H,1-4H3,(H,21,27). The van der Waals surface area contributed by atoms with E-state index in [-0.39, 0.29) is 22.7 Å². The number of anilines is 1. The van der Waals surface area contributed by atoms with E-state index in [1.165, 1.54) is 20.2 Å². The number of nitrogens with zero attached hydrogens (tertiary/aromatic N) is 4. The molecule has 1 aromatic heterocycles. The molecule has 1 unspecified atom stereocenters. The Morgan fingerprint density at radius 1 is 0.844 bits per heavy atom. The molecule has 4 heterocycles. The lowest BCUT2D eigenvalue weighted by Gasteiger charge is -2.44. The molecule has 1 saturated heterocycles. The Bertz CT molecular complexity index is 1400. The molecular formula is C20H17N5O7. The van der Waals surface area contributed by atoms with Crippen LogP contribution in [0.3, 0.4) is 0 Å². The molecule has 3 aliphatic heterocycles. The van der Waals surface area contributed by atoms with Crippen molar-refractivity contribution in [1.82, 2.24) is 18.9 Å². The third-order valence-electron chi connectivity index (χ3n) is 6.47. The molecule has 1 atom stereocenters. The zero-order valence-electron chi connectivity index (χ0n) is 17.5. The number of imide groups is 2. The van der Waals surface area contributed by atoms with Gasteiger partial charge in [0.05, 0.1) is 0 Å². The van der Waals surface area contributed by atoms with Crippen molar-refractivity contribution >= 4 is 29.4 Å². The fourth-order valence-corrected chi connectivity index (χ4v) is 4.89. The summed E-state index contributed by atoms with van der Waals surface area (Å²) < 4.78 is 7.64. The normalized spacial score (nSPS) is 23.0. The Hall–Kier alpha value is -4.22. The Balaban J connectivity index is 2.03. The van der Waals surface area contributed by atoms with Gasteiger partial charge in [-0.3, -0.25) is 38.1 Å². The molecule has 1 N–H and O–H groups in total. The van der Waals surface area contributed by atoms with Gasteiger partial charge in [0.15, 0.2) is 5.41 Å². The summed E-state index contributed by atoms with van der Waals surface area (Å²) in [5, 5.41) is 2.62. The Labute approximate surface area is 179 Å². The SMILES string of the molecule is CN1C(=O)N(C)C(=O)C2(Oc3c(c(=O)n(C)c(=O)n3C)C23C(=O)Nc2ccccc23)C1=O. The van der Waals surface area contributed by atoms with Gasteiger partial charge in [0.2, 0.25) is 11.8 Å². The second kappa shape index (κ2) is 5.72. The molecule has 12 heteroatoms. The molecule has 1 fully saturated rings. The van der Waals surface area contributed by atoms with Crippen LogP contribution in [0.1, 0.15) is 11.1 Å². The van der Waals surface area contributed by atoms with Crippen LogP contribution in [0.4, 0.5) is 10.5 Å². The number of amides is 5. The summed E-state index contributed by atoms with van der Waals surface area (Å²) in [6.45, 7) is 0. The predicted octanol–water partition coefficient (Wildman–Crippen LogP) is -1.50. The first-order valence-corrected chi connectivity index (χ1v) is 9.54. The average Bonchev–Trinajstić information content (AvgIpc) is 3.27. The van der Waals surface area contributed by atoms with E-state index in [1.54, 1.807) is 18.2 Å². The number of hydrogen-bond donors (Lipinski definition) is 1. The van der Waals surface area contributed by atoms with Gasteiger partial charge in [-0.05, 0) is 6.07 Å². The minimum absolute atomic E-state index is 0.150. The van der Waals surface area contributed by atoms with Crippen molar-refractivity contribution in [2.24, 2.45) is 14.1 Å². The number of para-hydroxylation sites is 1. The van der Waals surface area contributed by atoms with Crippen LogP contribution in [0, 0.1) is 0 Å². The van der Waals surface area contributed by atoms with Crippen LogP contribution >= 0.6 is 0 Å². The van der Waals surface area contributed by atoms with Gasteiger partial charge in [-0.2, -0.15) is 0 Å². The van der Waals surface area contributed by atoms with E-state index in [4.69, 9.17) is 4.74 Å². The van der Waals surface area contributed by atoms with E-state index in [1.807, 2.05) is 0 Å². The van der Waals surface area contributed by atoms with E-state index in [0.29, 0.717) is 9.80 Å². The summed E-state index contributed by atoms with van der Waals surface area (Å²) in [6.07, 6.45) is 0. The molecule has 1 aromatic carbocycles. The van der Waals surface area contributed by atoms with Crippen LogP contribution < -0.4 is 21.3 Å². The second-order valence-corrected chi connectivity index (χ2v) is 7.93. The maximum Gasteiger partial charge on any atom is 0.333 e. The number of hydrogen-bond acceptors (Lipinski definition) is 7. The molecule has 0 saturated carbocycles. The van der Waals surface area contributed by atoms with Gasteiger partial charge < -0.3 is 10.1 Å². The van der Waals surface area contributed by atoms with Gasteiger partial charge in [0.1, 0.15) is 5.56 Å². The van der Waals surface area contributed by atoms with Crippen molar-refractivity contribution in [2.75, 3.05) is 19.4 Å². The first-order valence-electron chi connectivity index (χ1n) is 9.54. The molecule has 5 rings (SSSR count). The number of barbiturate groups is 1. The van der Waals surface area contributed by atoms with Gasteiger partial charge in [0, 0.05) is 39.4 Å². The number of urea groups is 1. The molecule has 12 nitrogen and oxygen atoms in total. The van der Waals surface area contributed by atoms with Crippen molar-refractivity contribution < 1.29 is 23.9 Å². The third kappa shape index (κ3) is 1.76. The van der Waals surface area contributed by atoms with Gasteiger partial charge in [-0.15, -0.1) is 0 Å². The smallest absolute Gasteiger partial charge is 0.333 e. The minimum atomic E-state index is -2.65. The second-order valence-electron chi connectivity index (χ2n) is 7.93. The Morgan fingerprint density at radius 3 is 2.06 bits per heavy atom. The zero-order valence-corrected chi connectivity index (χ0v) is 17.5. The lowest BCUT2D eigenvalue weighted by atomic mass is 9.63. The highest BCUT2D eigenvalue weighted by Crippen LogP contribution is 2.58. The van der Waals surface area contributed by atoms with Crippen LogP contribution in [0.5, 0.6) is 5.88 Å². The maximum absolute atomic E-state index is 13.7. The van der Waals surface area contributed by atoms with Crippen LogP contribution in [-0.2, 0) is 33.9 Å². The fraction of sp³-hybridized carbons (Fsp3) is 0.300. The highest BCUT2D eigenvalue weighted by molar-refractivity contribution is 6.29. The van der Waals surface area contributed by atoms with E-state index in [9.17, 15) is 28.8 Å². The lowest BCUT2D eigenvalue weighted by molar-refractivity contribution is -0.170. The molecule has 164 valence electrons. The number of nitrogens with one attached hydrogen (secondary N) is 1. The number of fused-ring (bicyclic) bond motifs is 5. The first kappa shape index (κ1) is 19.7. The summed E-state index contributed by atoms with van der Waals surface area (Å²) in [6, 6.07) is 5.34. The molecule has 2 aromatic rings. The van der Waals surface area contributed by atoms with Crippen LogP contribution in [0.2, 0.25) is 0 Å². The first-order chi connectivity index (χ1) is 15.0. The van der Waals surface area contributed by atoms with E-state index in [2.05, 4.69) is 5.32 Å². The average molecular weight is 439 g/mol. The topological polar surface area (TPSA) is 140 Å². The zero-order chi connectivity index (χ0) is 23.3. The van der Waals surface area contributed by atoms with E-state index < -0.39 is 46.0 Å². The molecule has 5 amide bonds. The third-order valence-corrected chi connectivity index (χ3v) is 6.47. The Morgan fingerprint density at radius 2 is 1.44 bits per heavy atom. The summed E-state index contributed by atoms with van der Waals surface area (Å²) in [5.41, 5.74) is -6.50. The highest BCUT2D eigenvalue weighted by atomic mass is 16.5. The van der Waals surface area contributed by atoms with Gasteiger partial charge >= 0.3 is 11.7 Å². The van der Waals surface area contributed by atoms with E-state index >= 15 is 0 Å². The molecule has 0 bridgehead atoms. The van der Waals surface area contributed by atoms with E-state index in [0.717, 1.165) is 23.2 Å². The minimum Gasteiger partial charge on any atom is -0.449 e. The molecule has 0 radical (unpaired) electrons. The predicted molar refractivity (Wildman–Crippen MR) is 107 cm³/mol. The Kier molecular flexibility index (Phi) is 3.53.